The minimum atomic E-state index is -0.693. The lowest BCUT2D eigenvalue weighted by atomic mass is 9.82. The van der Waals surface area contributed by atoms with Gasteiger partial charge in [0.25, 0.3) is 0 Å². The summed E-state index contributed by atoms with van der Waals surface area (Å²) in [4.78, 5) is 0. The molecule has 0 amide bonds. The first-order valence-corrected chi connectivity index (χ1v) is 15.0. The Balaban J connectivity index is 1.47. The zero-order valence-electron chi connectivity index (χ0n) is 37.2. The van der Waals surface area contributed by atoms with Crippen molar-refractivity contribution in [3.63, 3.8) is 0 Å². The van der Waals surface area contributed by atoms with E-state index < -0.39 is 72.0 Å². The molecule has 0 aliphatic heterocycles. The molecule has 0 spiro atoms. The Kier molecular flexibility index (Phi) is 3.36. The molecule has 212 valence electrons. The normalized spacial score (nSPS) is 15.9. The Labute approximate surface area is 285 Å². The summed E-state index contributed by atoms with van der Waals surface area (Å²) in [5.41, 5.74) is 1.70. The van der Waals surface area contributed by atoms with Gasteiger partial charge in [-0.1, -0.05) is 157 Å². The van der Waals surface area contributed by atoms with E-state index in [1.807, 2.05) is 91.0 Å². The Hall–Kier alpha value is -5.98. The monoisotopic (exact) mass is 593 g/mol. The summed E-state index contributed by atoms with van der Waals surface area (Å²) in [7, 11) is 0. The second kappa shape index (κ2) is 9.76. The van der Waals surface area contributed by atoms with Gasteiger partial charge in [0.05, 0.1) is 17.8 Å². The van der Waals surface area contributed by atoms with Gasteiger partial charge in [0.2, 0.25) is 0 Å². The lowest BCUT2D eigenvalue weighted by molar-refractivity contribution is 1.66. The molecule has 0 aromatic heterocycles. The van der Waals surface area contributed by atoms with Gasteiger partial charge in [-0.15, -0.1) is 0 Å². The van der Waals surface area contributed by atoms with Crippen molar-refractivity contribution >= 4 is 64.6 Å². The highest BCUT2D eigenvalue weighted by atomic mass is 14.2. The highest BCUT2D eigenvalue weighted by molar-refractivity contribution is 6.30. The third kappa shape index (κ3) is 3.62. The van der Waals surface area contributed by atoms with Crippen LogP contribution in [0.15, 0.2) is 170 Å². The third-order valence-corrected chi connectivity index (χ3v) is 8.91. The molecular weight excluding hydrogens is 553 g/mol. The van der Waals surface area contributed by atoms with Crippen LogP contribution in [0.25, 0.3) is 98.0 Å². The molecule has 0 unspecified atom stereocenters. The van der Waals surface area contributed by atoms with Gasteiger partial charge < -0.3 is 0 Å². The Morgan fingerprint density at radius 3 is 1.78 bits per heavy atom. The molecule has 0 aliphatic rings. The van der Waals surface area contributed by atoms with E-state index in [9.17, 15) is 8.22 Å². The smallest absolute Gasteiger partial charge is 0.0622 e. The minimum Gasteiger partial charge on any atom is -0.0622 e. The fourth-order valence-corrected chi connectivity index (χ4v) is 7.00. The lowest BCUT2D eigenvalue weighted by Crippen LogP contribution is -1.93. The lowest BCUT2D eigenvalue weighted by Gasteiger charge is -2.20. The van der Waals surface area contributed by atoms with E-state index in [1.54, 1.807) is 0 Å². The van der Waals surface area contributed by atoms with Gasteiger partial charge in [-0.05, 0) is 110 Å². The maximum absolute atomic E-state index is 10.0. The number of hydrogen-bond donors (Lipinski definition) is 0. The summed E-state index contributed by atoms with van der Waals surface area (Å²) in [6.45, 7) is 0. The van der Waals surface area contributed by atoms with Gasteiger partial charge in [-0.2, -0.15) is 0 Å². The molecule has 0 fully saturated rings. The minimum absolute atomic E-state index is 0.00255. The van der Waals surface area contributed by atoms with E-state index in [0.29, 0.717) is 10.9 Å². The van der Waals surface area contributed by atoms with Crippen molar-refractivity contribution in [3.8, 4) is 33.4 Å². The van der Waals surface area contributed by atoms with Crippen LogP contribution in [0.4, 0.5) is 0 Å². The molecular formula is C46H28. The Morgan fingerprint density at radius 1 is 0.326 bits per heavy atom. The molecule has 0 N–H and O–H groups in total. The third-order valence-electron chi connectivity index (χ3n) is 8.91. The zero-order chi connectivity index (χ0) is 41.5. The van der Waals surface area contributed by atoms with E-state index in [1.165, 1.54) is 0 Å². The molecule has 0 bridgehead atoms. The fourth-order valence-electron chi connectivity index (χ4n) is 7.00. The predicted molar refractivity (Wildman–Crippen MR) is 199 cm³/mol. The highest BCUT2D eigenvalue weighted by Crippen LogP contribution is 2.48. The van der Waals surface area contributed by atoms with Crippen molar-refractivity contribution in [1.82, 2.24) is 0 Å². The first kappa shape index (κ1) is 15.8. The van der Waals surface area contributed by atoms with Crippen LogP contribution in [-0.4, -0.2) is 0 Å². The molecule has 46 heavy (non-hydrogen) atoms. The van der Waals surface area contributed by atoms with Gasteiger partial charge in [-0.3, -0.25) is 0 Å². The molecule has 0 saturated carbocycles. The Bertz CT molecular complexity index is 3470. The van der Waals surface area contributed by atoms with Crippen LogP contribution in [0.1, 0.15) is 17.8 Å². The standard InChI is InChI=1S/C46H28/c1-3-11-29(12-4-1)36-24-22-32-19-20-33-27-35(28-34-23-25-40(36)44(32)42(33)34)45-39-18-10-9-17-38(39)43(31-14-5-2-6-15-31)41-26-21-30-13-7-8-16-37(30)46(41)45/h1-28H/i1D,3D,4D,11D,12D,19D,20D,22D,23D,24D,25D,27D,28D. The first-order chi connectivity index (χ1) is 28.3. The average molecular weight is 594 g/mol. The van der Waals surface area contributed by atoms with Gasteiger partial charge >= 0.3 is 0 Å². The molecule has 10 aromatic carbocycles. The summed E-state index contributed by atoms with van der Waals surface area (Å²) in [5, 5.41) is 4.17. The summed E-state index contributed by atoms with van der Waals surface area (Å²) >= 11 is 0. The second-order valence-electron chi connectivity index (χ2n) is 11.4. The van der Waals surface area contributed by atoms with E-state index in [-0.39, 0.29) is 55.5 Å². The molecule has 0 aliphatic carbocycles. The molecule has 0 heterocycles. The Morgan fingerprint density at radius 2 is 0.978 bits per heavy atom. The van der Waals surface area contributed by atoms with Crippen LogP contribution in [0, 0.1) is 0 Å². The first-order valence-electron chi connectivity index (χ1n) is 21.5. The molecule has 10 aromatic rings. The van der Waals surface area contributed by atoms with Crippen LogP contribution < -0.4 is 0 Å². The second-order valence-corrected chi connectivity index (χ2v) is 11.4. The number of fused-ring (bicyclic) bond motifs is 4. The molecule has 0 radical (unpaired) electrons. The van der Waals surface area contributed by atoms with E-state index in [2.05, 4.69) is 0 Å². The van der Waals surface area contributed by atoms with Crippen LogP contribution in [0.5, 0.6) is 0 Å². The summed E-state index contributed by atoms with van der Waals surface area (Å²) in [6.07, 6.45) is 0. The maximum Gasteiger partial charge on any atom is 0.0636 e. The fraction of sp³-hybridized carbons (Fsp3) is 0. The molecule has 0 saturated heterocycles. The molecule has 0 nitrogen and oxygen atoms in total. The van der Waals surface area contributed by atoms with Crippen molar-refractivity contribution in [3.05, 3.63) is 170 Å². The van der Waals surface area contributed by atoms with Gasteiger partial charge in [0.15, 0.2) is 0 Å². The number of hydrogen-bond acceptors (Lipinski definition) is 0. The van der Waals surface area contributed by atoms with Crippen LogP contribution >= 0.6 is 0 Å². The topological polar surface area (TPSA) is 0 Å². The summed E-state index contributed by atoms with van der Waals surface area (Å²) in [6, 6.07) is 22.3. The number of rotatable bonds is 3. The van der Waals surface area contributed by atoms with Gasteiger partial charge in [0.1, 0.15) is 0 Å². The average Bonchev–Trinajstić information content (AvgIpc) is 3.24. The summed E-state index contributed by atoms with van der Waals surface area (Å²) < 4.78 is 119. The van der Waals surface area contributed by atoms with E-state index in [4.69, 9.17) is 9.60 Å². The predicted octanol–water partition coefficient (Wildman–Crippen LogP) is 13.0. The van der Waals surface area contributed by atoms with Crippen molar-refractivity contribution < 1.29 is 17.8 Å². The van der Waals surface area contributed by atoms with Crippen LogP contribution in [-0.2, 0) is 0 Å². The maximum atomic E-state index is 10.0. The molecule has 0 atom stereocenters. The number of benzene rings is 10. The zero-order valence-corrected chi connectivity index (χ0v) is 24.2. The van der Waals surface area contributed by atoms with Gasteiger partial charge in [-0.25, -0.2) is 0 Å². The van der Waals surface area contributed by atoms with Crippen LogP contribution in [0.3, 0.4) is 0 Å². The molecule has 0 heteroatoms. The van der Waals surface area contributed by atoms with Crippen molar-refractivity contribution in [2.75, 3.05) is 0 Å². The van der Waals surface area contributed by atoms with Crippen molar-refractivity contribution in [2.45, 2.75) is 0 Å². The quantitative estimate of drug-likeness (QED) is 0.141. The molecule has 10 rings (SSSR count). The van der Waals surface area contributed by atoms with E-state index >= 15 is 0 Å². The van der Waals surface area contributed by atoms with Crippen LogP contribution in [0.2, 0.25) is 0 Å². The van der Waals surface area contributed by atoms with Crippen molar-refractivity contribution in [2.24, 2.45) is 0 Å². The SMILES string of the molecule is [2H]c1c([2H])c([2H])c(-c2c([2H])c([2H])c3c([2H])c([2H])c4c([2H])c(-c5c6ccccc6c(-c6ccccc6)c6ccc7ccccc7c56)c([2H])c5c([2H])c([2H])c2c3c45)c([2H])c1[2H]. The summed E-state index contributed by atoms with van der Waals surface area (Å²) in [5.74, 6) is 0. The van der Waals surface area contributed by atoms with Gasteiger partial charge in [0, 0.05) is 0 Å². The largest absolute Gasteiger partial charge is 0.0636 e. The van der Waals surface area contributed by atoms with Crippen molar-refractivity contribution in [1.29, 1.82) is 0 Å². The highest BCUT2D eigenvalue weighted by Gasteiger charge is 2.20. The van der Waals surface area contributed by atoms with E-state index in [0.717, 1.165) is 38.1 Å².